The Balaban J connectivity index is 2.68. The van der Waals surface area contributed by atoms with Crippen LogP contribution in [0.4, 0.5) is 0 Å². The summed E-state index contributed by atoms with van der Waals surface area (Å²) >= 11 is 3.41. The van der Waals surface area contributed by atoms with Crippen molar-refractivity contribution < 1.29 is 9.53 Å². The molecule has 0 aliphatic carbocycles. The number of carbonyl (C=O) groups excluding carboxylic acids is 1. The Morgan fingerprint density at radius 2 is 2.21 bits per heavy atom. The predicted octanol–water partition coefficient (Wildman–Crippen LogP) is 2.86. The molecule has 76 valence electrons. The maximum absolute atomic E-state index is 11.2. The monoisotopic (exact) mass is 256 g/mol. The zero-order valence-electron chi connectivity index (χ0n) is 8.34. The van der Waals surface area contributed by atoms with E-state index in [-0.39, 0.29) is 5.97 Å². The number of hydrogen-bond donors (Lipinski definition) is 0. The molecule has 0 bridgehead atoms. The van der Waals surface area contributed by atoms with Gasteiger partial charge in [-0.1, -0.05) is 28.1 Å². The molecule has 0 radical (unpaired) electrons. The summed E-state index contributed by atoms with van der Waals surface area (Å²) in [4.78, 5) is 11.2. The normalized spacial score (nSPS) is 9.93. The molecule has 3 heteroatoms. The Morgan fingerprint density at radius 1 is 1.50 bits per heavy atom. The summed E-state index contributed by atoms with van der Waals surface area (Å²) in [6.07, 6.45) is 0.349. The van der Waals surface area contributed by atoms with E-state index >= 15 is 0 Å². The van der Waals surface area contributed by atoms with Crippen molar-refractivity contribution in [1.82, 2.24) is 0 Å². The summed E-state index contributed by atoms with van der Waals surface area (Å²) in [5, 5.41) is 0. The predicted molar refractivity (Wildman–Crippen MR) is 59.2 cm³/mol. The number of aryl methyl sites for hydroxylation is 1. The standard InChI is InChI=1S/C11H13BrO2/c1-3-14-11(13)7-9-4-5-10(12)8(2)6-9/h4-6H,3,7H2,1-2H3. The molecule has 0 amide bonds. The molecule has 0 saturated carbocycles. The molecule has 14 heavy (non-hydrogen) atoms. The average Bonchev–Trinajstić information content (AvgIpc) is 2.12. The molecule has 0 aliphatic rings. The van der Waals surface area contributed by atoms with Crippen LogP contribution in [0.15, 0.2) is 22.7 Å². The van der Waals surface area contributed by atoms with Crippen molar-refractivity contribution in [1.29, 1.82) is 0 Å². The van der Waals surface area contributed by atoms with Crippen LogP contribution in [0.25, 0.3) is 0 Å². The molecule has 0 heterocycles. The fraction of sp³-hybridized carbons (Fsp3) is 0.364. The Kier molecular flexibility index (Phi) is 4.14. The van der Waals surface area contributed by atoms with Gasteiger partial charge < -0.3 is 4.74 Å². The van der Waals surface area contributed by atoms with Crippen molar-refractivity contribution >= 4 is 21.9 Å². The summed E-state index contributed by atoms with van der Waals surface area (Å²) in [5.74, 6) is -0.172. The highest BCUT2D eigenvalue weighted by Crippen LogP contribution is 2.17. The topological polar surface area (TPSA) is 26.3 Å². The third-order valence-electron chi connectivity index (χ3n) is 1.88. The summed E-state index contributed by atoms with van der Waals surface area (Å²) in [5.41, 5.74) is 2.12. The SMILES string of the molecule is CCOC(=O)Cc1ccc(Br)c(C)c1. The van der Waals surface area contributed by atoms with E-state index in [9.17, 15) is 4.79 Å². The number of halogens is 1. The molecule has 0 N–H and O–H groups in total. The van der Waals surface area contributed by atoms with E-state index < -0.39 is 0 Å². The largest absolute Gasteiger partial charge is 0.466 e. The van der Waals surface area contributed by atoms with Crippen LogP contribution in [-0.2, 0) is 16.0 Å². The number of ether oxygens (including phenoxy) is 1. The fourth-order valence-corrected chi connectivity index (χ4v) is 1.44. The average molecular weight is 257 g/mol. The molecule has 0 spiro atoms. The van der Waals surface area contributed by atoms with Crippen LogP contribution in [0.3, 0.4) is 0 Å². The molecule has 0 aliphatic heterocycles. The third kappa shape index (κ3) is 3.14. The van der Waals surface area contributed by atoms with Gasteiger partial charge in [0.1, 0.15) is 0 Å². The smallest absolute Gasteiger partial charge is 0.310 e. The zero-order valence-corrected chi connectivity index (χ0v) is 9.93. The lowest BCUT2D eigenvalue weighted by Gasteiger charge is -2.04. The lowest BCUT2D eigenvalue weighted by atomic mass is 10.1. The first-order valence-electron chi connectivity index (χ1n) is 4.54. The first kappa shape index (κ1) is 11.2. The van der Waals surface area contributed by atoms with Crippen LogP contribution < -0.4 is 0 Å². The van der Waals surface area contributed by atoms with E-state index in [0.29, 0.717) is 13.0 Å². The number of esters is 1. The van der Waals surface area contributed by atoms with Gasteiger partial charge >= 0.3 is 5.97 Å². The molecular formula is C11H13BrO2. The summed E-state index contributed by atoms with van der Waals surface area (Å²) in [7, 11) is 0. The second-order valence-electron chi connectivity index (χ2n) is 3.07. The summed E-state index contributed by atoms with van der Waals surface area (Å²) in [6.45, 7) is 4.25. The highest BCUT2D eigenvalue weighted by molar-refractivity contribution is 9.10. The van der Waals surface area contributed by atoms with Crippen LogP contribution in [0, 0.1) is 6.92 Å². The second-order valence-corrected chi connectivity index (χ2v) is 3.92. The molecule has 0 fully saturated rings. The number of carbonyl (C=O) groups is 1. The van der Waals surface area contributed by atoms with Gasteiger partial charge in [-0.15, -0.1) is 0 Å². The number of hydrogen-bond acceptors (Lipinski definition) is 2. The van der Waals surface area contributed by atoms with Crippen molar-refractivity contribution in [3.63, 3.8) is 0 Å². The molecule has 2 nitrogen and oxygen atoms in total. The third-order valence-corrected chi connectivity index (χ3v) is 2.77. The Hall–Kier alpha value is -0.830. The molecular weight excluding hydrogens is 244 g/mol. The Labute approximate surface area is 92.4 Å². The van der Waals surface area contributed by atoms with Gasteiger partial charge in [0, 0.05) is 4.47 Å². The van der Waals surface area contributed by atoms with Crippen LogP contribution in [0.5, 0.6) is 0 Å². The van der Waals surface area contributed by atoms with Gasteiger partial charge in [0.15, 0.2) is 0 Å². The van der Waals surface area contributed by atoms with Gasteiger partial charge in [-0.05, 0) is 31.0 Å². The van der Waals surface area contributed by atoms with E-state index in [0.717, 1.165) is 15.6 Å². The van der Waals surface area contributed by atoms with Gasteiger partial charge in [-0.3, -0.25) is 4.79 Å². The fourth-order valence-electron chi connectivity index (χ4n) is 1.20. The number of rotatable bonds is 3. The minimum absolute atomic E-state index is 0.172. The van der Waals surface area contributed by atoms with E-state index in [1.807, 2.05) is 32.0 Å². The quantitative estimate of drug-likeness (QED) is 0.778. The van der Waals surface area contributed by atoms with Crippen LogP contribution in [0.1, 0.15) is 18.1 Å². The lowest BCUT2D eigenvalue weighted by molar-refractivity contribution is -0.142. The summed E-state index contributed by atoms with van der Waals surface area (Å²) < 4.78 is 5.93. The lowest BCUT2D eigenvalue weighted by Crippen LogP contribution is -2.07. The van der Waals surface area contributed by atoms with Crippen molar-refractivity contribution in [2.75, 3.05) is 6.61 Å². The van der Waals surface area contributed by atoms with Gasteiger partial charge in [0.25, 0.3) is 0 Å². The van der Waals surface area contributed by atoms with Crippen LogP contribution >= 0.6 is 15.9 Å². The highest BCUT2D eigenvalue weighted by Gasteiger charge is 2.04. The van der Waals surface area contributed by atoms with Crippen molar-refractivity contribution in [2.24, 2.45) is 0 Å². The number of benzene rings is 1. The summed E-state index contributed by atoms with van der Waals surface area (Å²) in [6, 6.07) is 5.86. The minimum atomic E-state index is -0.172. The van der Waals surface area contributed by atoms with E-state index in [4.69, 9.17) is 4.74 Å². The van der Waals surface area contributed by atoms with E-state index in [1.165, 1.54) is 0 Å². The van der Waals surface area contributed by atoms with Gasteiger partial charge in [-0.2, -0.15) is 0 Å². The maximum Gasteiger partial charge on any atom is 0.310 e. The first-order valence-corrected chi connectivity index (χ1v) is 5.33. The van der Waals surface area contributed by atoms with Gasteiger partial charge in [0.05, 0.1) is 13.0 Å². The molecule has 0 unspecified atom stereocenters. The molecule has 0 saturated heterocycles. The Bertz CT molecular complexity index is 334. The molecule has 0 aromatic heterocycles. The van der Waals surface area contributed by atoms with Gasteiger partial charge in [-0.25, -0.2) is 0 Å². The van der Waals surface area contributed by atoms with Crippen molar-refractivity contribution in [3.8, 4) is 0 Å². The van der Waals surface area contributed by atoms with Crippen LogP contribution in [0.2, 0.25) is 0 Å². The van der Waals surface area contributed by atoms with E-state index in [2.05, 4.69) is 15.9 Å². The van der Waals surface area contributed by atoms with Crippen molar-refractivity contribution in [3.05, 3.63) is 33.8 Å². The second kappa shape index (κ2) is 5.15. The van der Waals surface area contributed by atoms with E-state index in [1.54, 1.807) is 0 Å². The first-order chi connectivity index (χ1) is 6.63. The molecule has 0 atom stereocenters. The zero-order chi connectivity index (χ0) is 10.6. The molecule has 1 aromatic rings. The molecule has 1 aromatic carbocycles. The highest BCUT2D eigenvalue weighted by atomic mass is 79.9. The Morgan fingerprint density at radius 3 is 2.79 bits per heavy atom. The molecule has 1 rings (SSSR count). The maximum atomic E-state index is 11.2. The minimum Gasteiger partial charge on any atom is -0.466 e. The van der Waals surface area contributed by atoms with Crippen molar-refractivity contribution in [2.45, 2.75) is 20.3 Å². The van der Waals surface area contributed by atoms with Gasteiger partial charge in [0.2, 0.25) is 0 Å². The van der Waals surface area contributed by atoms with Crippen LogP contribution in [-0.4, -0.2) is 12.6 Å².